The Morgan fingerprint density at radius 3 is 2.68 bits per heavy atom. The highest BCUT2D eigenvalue weighted by Crippen LogP contribution is 2.17. The van der Waals surface area contributed by atoms with E-state index in [9.17, 15) is 14.4 Å². The molecular weight excluding hydrogens is 246 g/mol. The summed E-state index contributed by atoms with van der Waals surface area (Å²) in [5.41, 5.74) is 0. The summed E-state index contributed by atoms with van der Waals surface area (Å²) in [6.45, 7) is 2.03. The zero-order valence-electron chi connectivity index (χ0n) is 11.3. The molecule has 0 aromatic heterocycles. The van der Waals surface area contributed by atoms with E-state index in [-0.39, 0.29) is 24.9 Å². The summed E-state index contributed by atoms with van der Waals surface area (Å²) in [7, 11) is 0. The summed E-state index contributed by atoms with van der Waals surface area (Å²) in [6, 6.07) is -0.117. The van der Waals surface area contributed by atoms with Crippen LogP contribution in [0.25, 0.3) is 0 Å². The lowest BCUT2D eigenvalue weighted by Gasteiger charge is -2.33. The summed E-state index contributed by atoms with van der Waals surface area (Å²) in [5.74, 6) is -0.932. The summed E-state index contributed by atoms with van der Waals surface area (Å²) >= 11 is 0. The summed E-state index contributed by atoms with van der Waals surface area (Å²) < 4.78 is 0. The molecule has 0 spiro atoms. The quantitative estimate of drug-likeness (QED) is 0.690. The number of nitrogens with one attached hydrogen (secondary N) is 2. The number of carbonyl (C=O) groups excluding carboxylic acids is 3. The Bertz CT molecular complexity index is 377. The monoisotopic (exact) mass is 267 g/mol. The van der Waals surface area contributed by atoms with Gasteiger partial charge in [0.15, 0.2) is 0 Å². The van der Waals surface area contributed by atoms with Crippen LogP contribution in [0.15, 0.2) is 0 Å². The van der Waals surface area contributed by atoms with Gasteiger partial charge in [0.25, 0.3) is 0 Å². The average Bonchev–Trinajstić information content (AvgIpc) is 2.88. The molecule has 2 fully saturated rings. The van der Waals surface area contributed by atoms with Crippen molar-refractivity contribution in [3.05, 3.63) is 0 Å². The Hall–Kier alpha value is -1.43. The van der Waals surface area contributed by atoms with Crippen molar-refractivity contribution < 1.29 is 14.4 Å². The number of imide groups is 1. The second-order valence-electron chi connectivity index (χ2n) is 5.22. The maximum Gasteiger partial charge on any atom is 0.249 e. The van der Waals surface area contributed by atoms with E-state index in [1.807, 2.05) is 6.92 Å². The number of piperazine rings is 1. The molecule has 1 aliphatic heterocycles. The van der Waals surface area contributed by atoms with Crippen LogP contribution in [0.5, 0.6) is 0 Å². The van der Waals surface area contributed by atoms with Gasteiger partial charge in [0.05, 0.1) is 6.54 Å². The minimum Gasteiger partial charge on any atom is -0.320 e. The van der Waals surface area contributed by atoms with Crippen molar-refractivity contribution in [1.29, 1.82) is 0 Å². The SMILES string of the molecule is CCC1C(=O)NC(=O)CN1C(=O)CNC1CCCC1. The smallest absolute Gasteiger partial charge is 0.249 e. The Kier molecular flexibility index (Phi) is 4.52. The van der Waals surface area contributed by atoms with Gasteiger partial charge in [0.2, 0.25) is 17.7 Å². The van der Waals surface area contributed by atoms with Gasteiger partial charge < -0.3 is 10.2 Å². The molecule has 1 saturated carbocycles. The van der Waals surface area contributed by atoms with Crippen LogP contribution in [0.1, 0.15) is 39.0 Å². The van der Waals surface area contributed by atoms with Crippen LogP contribution in [-0.2, 0) is 14.4 Å². The first kappa shape index (κ1) is 14.0. The number of nitrogens with zero attached hydrogens (tertiary/aromatic N) is 1. The van der Waals surface area contributed by atoms with E-state index in [1.54, 1.807) is 0 Å². The van der Waals surface area contributed by atoms with Crippen molar-refractivity contribution in [2.75, 3.05) is 13.1 Å². The van der Waals surface area contributed by atoms with Gasteiger partial charge in [-0.25, -0.2) is 0 Å². The molecule has 2 rings (SSSR count). The highest BCUT2D eigenvalue weighted by atomic mass is 16.2. The third kappa shape index (κ3) is 3.32. The molecule has 1 heterocycles. The number of amides is 3. The van der Waals surface area contributed by atoms with Crippen molar-refractivity contribution in [2.24, 2.45) is 0 Å². The Labute approximate surface area is 112 Å². The van der Waals surface area contributed by atoms with Crippen molar-refractivity contribution in [3.63, 3.8) is 0 Å². The normalized spacial score (nSPS) is 24.7. The predicted octanol–water partition coefficient (Wildman–Crippen LogP) is -0.218. The van der Waals surface area contributed by atoms with Crippen LogP contribution < -0.4 is 10.6 Å². The highest BCUT2D eigenvalue weighted by molar-refractivity contribution is 6.04. The average molecular weight is 267 g/mol. The molecule has 106 valence electrons. The lowest BCUT2D eigenvalue weighted by atomic mass is 10.1. The van der Waals surface area contributed by atoms with Gasteiger partial charge in [0.1, 0.15) is 12.6 Å². The van der Waals surface area contributed by atoms with E-state index < -0.39 is 11.9 Å². The molecular formula is C13H21N3O3. The molecule has 6 heteroatoms. The first-order valence-corrected chi connectivity index (χ1v) is 6.98. The molecule has 6 nitrogen and oxygen atoms in total. The van der Waals surface area contributed by atoms with Gasteiger partial charge in [0, 0.05) is 6.04 Å². The number of hydrogen-bond donors (Lipinski definition) is 2. The van der Waals surface area contributed by atoms with Crippen LogP contribution >= 0.6 is 0 Å². The Morgan fingerprint density at radius 2 is 2.05 bits per heavy atom. The predicted molar refractivity (Wildman–Crippen MR) is 69.2 cm³/mol. The van der Waals surface area contributed by atoms with E-state index in [4.69, 9.17) is 0 Å². The van der Waals surface area contributed by atoms with Crippen LogP contribution in [0.3, 0.4) is 0 Å². The molecule has 2 N–H and O–H groups in total. The third-order valence-corrected chi connectivity index (χ3v) is 3.86. The molecule has 0 aromatic carbocycles. The third-order valence-electron chi connectivity index (χ3n) is 3.86. The van der Waals surface area contributed by atoms with E-state index in [2.05, 4.69) is 10.6 Å². The minimum absolute atomic E-state index is 0.0184. The van der Waals surface area contributed by atoms with Gasteiger partial charge in [-0.15, -0.1) is 0 Å². The molecule has 19 heavy (non-hydrogen) atoms. The molecule has 3 amide bonds. The van der Waals surface area contributed by atoms with Gasteiger partial charge in [-0.05, 0) is 19.3 Å². The molecule has 1 atom stereocenters. The lowest BCUT2D eigenvalue weighted by Crippen LogP contribution is -2.60. The van der Waals surface area contributed by atoms with Crippen molar-refractivity contribution >= 4 is 17.7 Å². The maximum absolute atomic E-state index is 12.1. The molecule has 0 aromatic rings. The van der Waals surface area contributed by atoms with Gasteiger partial charge >= 0.3 is 0 Å². The summed E-state index contributed by atoms with van der Waals surface area (Å²) in [6.07, 6.45) is 5.13. The summed E-state index contributed by atoms with van der Waals surface area (Å²) in [5, 5.41) is 5.49. The van der Waals surface area contributed by atoms with E-state index >= 15 is 0 Å². The Balaban J connectivity index is 1.91. The first-order valence-electron chi connectivity index (χ1n) is 6.98. The van der Waals surface area contributed by atoms with Crippen LogP contribution in [0.4, 0.5) is 0 Å². The molecule has 0 bridgehead atoms. The standard InChI is InChI=1S/C13H21N3O3/c1-2-10-13(19)15-11(17)8-16(10)12(18)7-14-9-5-3-4-6-9/h9-10,14H,2-8H2,1H3,(H,15,17,19). The largest absolute Gasteiger partial charge is 0.320 e. The van der Waals surface area contributed by atoms with Gasteiger partial charge in [-0.2, -0.15) is 0 Å². The zero-order valence-corrected chi connectivity index (χ0v) is 11.3. The van der Waals surface area contributed by atoms with Crippen LogP contribution in [0, 0.1) is 0 Å². The van der Waals surface area contributed by atoms with Gasteiger partial charge in [-0.3, -0.25) is 19.7 Å². The van der Waals surface area contributed by atoms with Crippen LogP contribution in [-0.4, -0.2) is 47.8 Å². The number of rotatable bonds is 4. The van der Waals surface area contributed by atoms with E-state index in [0.29, 0.717) is 12.5 Å². The number of hydrogen-bond acceptors (Lipinski definition) is 4. The number of carbonyl (C=O) groups is 3. The first-order chi connectivity index (χ1) is 9.11. The second-order valence-corrected chi connectivity index (χ2v) is 5.22. The fourth-order valence-corrected chi connectivity index (χ4v) is 2.80. The lowest BCUT2D eigenvalue weighted by molar-refractivity contribution is -0.149. The van der Waals surface area contributed by atoms with Gasteiger partial charge in [-0.1, -0.05) is 19.8 Å². The van der Waals surface area contributed by atoms with Crippen molar-refractivity contribution in [3.8, 4) is 0 Å². The van der Waals surface area contributed by atoms with Crippen molar-refractivity contribution in [2.45, 2.75) is 51.1 Å². The highest BCUT2D eigenvalue weighted by Gasteiger charge is 2.35. The molecule has 1 aliphatic carbocycles. The minimum atomic E-state index is -0.518. The Morgan fingerprint density at radius 1 is 1.37 bits per heavy atom. The fourth-order valence-electron chi connectivity index (χ4n) is 2.80. The fraction of sp³-hybridized carbons (Fsp3) is 0.769. The molecule has 1 unspecified atom stereocenters. The summed E-state index contributed by atoms with van der Waals surface area (Å²) in [4.78, 5) is 36.6. The van der Waals surface area contributed by atoms with Crippen molar-refractivity contribution in [1.82, 2.24) is 15.5 Å². The zero-order chi connectivity index (χ0) is 13.8. The topological polar surface area (TPSA) is 78.5 Å². The van der Waals surface area contributed by atoms with E-state index in [1.165, 1.54) is 17.7 Å². The second kappa shape index (κ2) is 6.14. The molecule has 0 radical (unpaired) electrons. The molecule has 1 saturated heterocycles. The van der Waals surface area contributed by atoms with Crippen LogP contribution in [0.2, 0.25) is 0 Å². The molecule has 2 aliphatic rings. The maximum atomic E-state index is 12.1. The van der Waals surface area contributed by atoms with E-state index in [0.717, 1.165) is 12.8 Å².